The molecule has 7 nitrogen and oxygen atoms in total. The van der Waals surface area contributed by atoms with Crippen LogP contribution in [0.1, 0.15) is 26.6 Å². The highest BCUT2D eigenvalue weighted by Gasteiger charge is 2.15. The van der Waals surface area contributed by atoms with Crippen molar-refractivity contribution in [2.75, 3.05) is 6.54 Å². The standard InChI is InChI=1S/C12H11N3O4/c16-11(13-6-5-10-14-7-15-19-10)8-3-1-2-4-9(8)12(17)18/h1-4,7H,5-6H2,(H,13,16)(H,17,18). The molecule has 0 bridgehead atoms. The van der Waals surface area contributed by atoms with Gasteiger partial charge in [-0.1, -0.05) is 17.3 Å². The highest BCUT2D eigenvalue weighted by Crippen LogP contribution is 2.08. The zero-order chi connectivity index (χ0) is 13.7. The monoisotopic (exact) mass is 261 g/mol. The number of carbonyl (C=O) groups is 2. The van der Waals surface area contributed by atoms with Crippen LogP contribution in [-0.2, 0) is 6.42 Å². The van der Waals surface area contributed by atoms with Gasteiger partial charge in [-0.15, -0.1) is 0 Å². The Kier molecular flexibility index (Phi) is 3.87. The molecule has 1 aromatic heterocycles. The number of aromatic carboxylic acids is 1. The van der Waals surface area contributed by atoms with E-state index in [1.54, 1.807) is 12.1 Å². The molecule has 0 radical (unpaired) electrons. The molecule has 0 aliphatic rings. The third kappa shape index (κ3) is 3.15. The van der Waals surface area contributed by atoms with Gasteiger partial charge in [0.25, 0.3) is 5.91 Å². The van der Waals surface area contributed by atoms with Gasteiger partial charge in [0.05, 0.1) is 11.1 Å². The van der Waals surface area contributed by atoms with Crippen LogP contribution < -0.4 is 5.32 Å². The summed E-state index contributed by atoms with van der Waals surface area (Å²) in [7, 11) is 0. The molecule has 0 aliphatic carbocycles. The number of amides is 1. The van der Waals surface area contributed by atoms with Gasteiger partial charge in [0.15, 0.2) is 6.33 Å². The first-order valence-electron chi connectivity index (χ1n) is 5.54. The van der Waals surface area contributed by atoms with Crippen LogP contribution in [-0.4, -0.2) is 33.7 Å². The molecule has 0 spiro atoms. The highest BCUT2D eigenvalue weighted by atomic mass is 16.5. The average Bonchev–Trinajstić information content (AvgIpc) is 2.91. The lowest BCUT2D eigenvalue weighted by Crippen LogP contribution is -2.27. The minimum atomic E-state index is -1.14. The molecule has 0 fully saturated rings. The van der Waals surface area contributed by atoms with E-state index in [9.17, 15) is 9.59 Å². The Balaban J connectivity index is 1.98. The van der Waals surface area contributed by atoms with Gasteiger partial charge in [0.1, 0.15) is 0 Å². The van der Waals surface area contributed by atoms with Gasteiger partial charge < -0.3 is 14.9 Å². The molecule has 98 valence electrons. The molecular weight excluding hydrogens is 250 g/mol. The minimum absolute atomic E-state index is 0.0298. The quantitative estimate of drug-likeness (QED) is 0.822. The summed E-state index contributed by atoms with van der Waals surface area (Å²) in [6, 6.07) is 6.03. The number of benzene rings is 1. The van der Waals surface area contributed by atoms with Crippen molar-refractivity contribution in [3.63, 3.8) is 0 Å². The summed E-state index contributed by atoms with van der Waals surface area (Å²) in [5.74, 6) is -1.17. The first kappa shape index (κ1) is 12.7. The van der Waals surface area contributed by atoms with Gasteiger partial charge in [-0.2, -0.15) is 4.98 Å². The Hall–Kier alpha value is -2.70. The summed E-state index contributed by atoms with van der Waals surface area (Å²) in [6.45, 7) is 0.287. The molecular formula is C12H11N3O4. The van der Waals surface area contributed by atoms with Gasteiger partial charge in [0.2, 0.25) is 5.89 Å². The third-order valence-corrected chi connectivity index (χ3v) is 2.43. The summed E-state index contributed by atoms with van der Waals surface area (Å²) in [5, 5.41) is 15.0. The molecule has 1 aromatic carbocycles. The van der Waals surface area contributed by atoms with Crippen LogP contribution in [0.4, 0.5) is 0 Å². The molecule has 19 heavy (non-hydrogen) atoms. The maximum atomic E-state index is 11.9. The molecule has 1 amide bonds. The van der Waals surface area contributed by atoms with E-state index in [-0.39, 0.29) is 17.7 Å². The van der Waals surface area contributed by atoms with Crippen molar-refractivity contribution in [1.82, 2.24) is 15.5 Å². The second-order valence-electron chi connectivity index (χ2n) is 3.69. The summed E-state index contributed by atoms with van der Waals surface area (Å²) >= 11 is 0. The van der Waals surface area contributed by atoms with Crippen molar-refractivity contribution in [3.05, 3.63) is 47.6 Å². The second-order valence-corrected chi connectivity index (χ2v) is 3.69. The number of aromatic nitrogens is 2. The summed E-state index contributed by atoms with van der Waals surface area (Å²) in [5.41, 5.74) is 0.0957. The number of hydrogen-bond acceptors (Lipinski definition) is 5. The van der Waals surface area contributed by atoms with Crippen molar-refractivity contribution in [3.8, 4) is 0 Å². The first-order chi connectivity index (χ1) is 9.18. The molecule has 2 aromatic rings. The molecule has 0 saturated heterocycles. The van der Waals surface area contributed by atoms with Gasteiger partial charge in [-0.05, 0) is 12.1 Å². The lowest BCUT2D eigenvalue weighted by Gasteiger charge is -2.06. The fourth-order valence-electron chi connectivity index (χ4n) is 1.55. The van der Waals surface area contributed by atoms with Crippen LogP contribution >= 0.6 is 0 Å². The molecule has 0 saturated carbocycles. The average molecular weight is 261 g/mol. The van der Waals surface area contributed by atoms with Gasteiger partial charge in [-0.3, -0.25) is 4.79 Å². The third-order valence-electron chi connectivity index (χ3n) is 2.43. The van der Waals surface area contributed by atoms with Crippen molar-refractivity contribution in [2.24, 2.45) is 0 Å². The Bertz CT molecular complexity index is 580. The minimum Gasteiger partial charge on any atom is -0.478 e. The van der Waals surface area contributed by atoms with E-state index in [4.69, 9.17) is 9.63 Å². The van der Waals surface area contributed by atoms with Gasteiger partial charge in [0, 0.05) is 13.0 Å². The van der Waals surface area contributed by atoms with Crippen LogP contribution in [0.3, 0.4) is 0 Å². The molecule has 0 aliphatic heterocycles. The van der Waals surface area contributed by atoms with Gasteiger partial charge in [-0.25, -0.2) is 4.79 Å². The van der Waals surface area contributed by atoms with Crippen LogP contribution in [0.2, 0.25) is 0 Å². The topological polar surface area (TPSA) is 105 Å². The Morgan fingerprint density at radius 2 is 2.00 bits per heavy atom. The molecule has 2 rings (SSSR count). The van der Waals surface area contributed by atoms with Crippen molar-refractivity contribution < 1.29 is 19.2 Å². The van der Waals surface area contributed by atoms with E-state index in [2.05, 4.69) is 15.5 Å². The maximum absolute atomic E-state index is 11.9. The van der Waals surface area contributed by atoms with Crippen LogP contribution in [0.25, 0.3) is 0 Å². The smallest absolute Gasteiger partial charge is 0.336 e. The summed E-state index contributed by atoms with van der Waals surface area (Å²) in [4.78, 5) is 26.6. The SMILES string of the molecule is O=C(O)c1ccccc1C(=O)NCCc1ncno1. The van der Waals surface area contributed by atoms with E-state index in [1.165, 1.54) is 18.5 Å². The predicted octanol–water partition coefficient (Wildman–Crippen LogP) is 0.740. The van der Waals surface area contributed by atoms with E-state index in [0.29, 0.717) is 12.3 Å². The normalized spacial score (nSPS) is 10.1. The fraction of sp³-hybridized carbons (Fsp3) is 0.167. The number of carbonyl (C=O) groups excluding carboxylic acids is 1. The van der Waals surface area contributed by atoms with Crippen LogP contribution in [0.15, 0.2) is 35.1 Å². The number of nitrogens with one attached hydrogen (secondary N) is 1. The number of nitrogens with zero attached hydrogens (tertiary/aromatic N) is 2. The van der Waals surface area contributed by atoms with Crippen molar-refractivity contribution >= 4 is 11.9 Å². The second kappa shape index (κ2) is 5.76. The summed E-state index contributed by atoms with van der Waals surface area (Å²) in [6.07, 6.45) is 1.66. The first-order valence-corrected chi connectivity index (χ1v) is 5.54. The van der Waals surface area contributed by atoms with Crippen LogP contribution in [0, 0.1) is 0 Å². The van der Waals surface area contributed by atoms with Gasteiger partial charge >= 0.3 is 5.97 Å². The largest absolute Gasteiger partial charge is 0.478 e. The number of rotatable bonds is 5. The lowest BCUT2D eigenvalue weighted by atomic mass is 10.1. The molecule has 0 atom stereocenters. The Morgan fingerprint density at radius 3 is 2.63 bits per heavy atom. The van der Waals surface area contributed by atoms with Crippen LogP contribution in [0.5, 0.6) is 0 Å². The Morgan fingerprint density at radius 1 is 1.26 bits per heavy atom. The molecule has 1 heterocycles. The lowest BCUT2D eigenvalue weighted by molar-refractivity contribution is 0.0691. The zero-order valence-electron chi connectivity index (χ0n) is 9.87. The zero-order valence-corrected chi connectivity index (χ0v) is 9.87. The van der Waals surface area contributed by atoms with E-state index >= 15 is 0 Å². The molecule has 2 N–H and O–H groups in total. The van der Waals surface area contributed by atoms with Crippen molar-refractivity contribution in [1.29, 1.82) is 0 Å². The summed E-state index contributed by atoms with van der Waals surface area (Å²) < 4.78 is 4.78. The molecule has 0 unspecified atom stereocenters. The number of carboxylic acids is 1. The van der Waals surface area contributed by atoms with E-state index in [1.807, 2.05) is 0 Å². The van der Waals surface area contributed by atoms with Crippen molar-refractivity contribution in [2.45, 2.75) is 6.42 Å². The fourth-order valence-corrected chi connectivity index (χ4v) is 1.55. The Labute approximate surface area is 108 Å². The highest BCUT2D eigenvalue weighted by molar-refractivity contribution is 6.04. The predicted molar refractivity (Wildman–Crippen MR) is 63.7 cm³/mol. The van der Waals surface area contributed by atoms with E-state index < -0.39 is 11.9 Å². The maximum Gasteiger partial charge on any atom is 0.336 e. The van der Waals surface area contributed by atoms with E-state index in [0.717, 1.165) is 0 Å². The number of carboxylic acid groups (broad SMARTS) is 1. The molecule has 7 heteroatoms. The number of hydrogen-bond donors (Lipinski definition) is 2.